The third-order valence-electron chi connectivity index (χ3n) is 3.04. The molecule has 2 aromatic carbocycles. The first kappa shape index (κ1) is 18.7. The Labute approximate surface area is 147 Å². The van der Waals surface area contributed by atoms with Crippen molar-refractivity contribution >= 4 is 29.0 Å². The normalized spacial score (nSPS) is 10.8. The van der Waals surface area contributed by atoms with E-state index in [1.807, 2.05) is 6.07 Å². The van der Waals surface area contributed by atoms with Crippen molar-refractivity contribution in [2.45, 2.75) is 11.1 Å². The van der Waals surface area contributed by atoms with Gasteiger partial charge in [0.05, 0.1) is 23.5 Å². The summed E-state index contributed by atoms with van der Waals surface area (Å²) in [4.78, 5) is 12.4. The molecule has 1 amide bonds. The summed E-state index contributed by atoms with van der Waals surface area (Å²) < 4.78 is 37.1. The molecule has 4 nitrogen and oxygen atoms in total. The SMILES string of the molecule is N#Cc1ccccc1NC(=O)CNc1ccccc1SCC(F)(F)F. The first-order chi connectivity index (χ1) is 11.9. The van der Waals surface area contributed by atoms with Crippen LogP contribution >= 0.6 is 11.8 Å². The van der Waals surface area contributed by atoms with Gasteiger partial charge in [0.15, 0.2) is 0 Å². The van der Waals surface area contributed by atoms with Crippen LogP contribution in [-0.4, -0.2) is 24.4 Å². The van der Waals surface area contributed by atoms with Gasteiger partial charge in [0, 0.05) is 10.6 Å². The molecule has 0 aromatic heterocycles. The van der Waals surface area contributed by atoms with E-state index in [2.05, 4.69) is 10.6 Å². The summed E-state index contributed by atoms with van der Waals surface area (Å²) >= 11 is 0.653. The smallest absolute Gasteiger partial charge is 0.375 e. The third-order valence-corrected chi connectivity index (χ3v) is 4.18. The minimum absolute atomic E-state index is 0.136. The lowest BCUT2D eigenvalue weighted by atomic mass is 10.2. The molecule has 0 aliphatic carbocycles. The highest BCUT2D eigenvalue weighted by Crippen LogP contribution is 2.31. The topological polar surface area (TPSA) is 64.9 Å². The minimum atomic E-state index is -4.27. The largest absolute Gasteiger partial charge is 0.398 e. The number of nitrogens with one attached hydrogen (secondary N) is 2. The highest BCUT2D eigenvalue weighted by molar-refractivity contribution is 7.99. The summed E-state index contributed by atoms with van der Waals surface area (Å²) in [5.74, 6) is -1.41. The van der Waals surface area contributed by atoms with Crippen LogP contribution in [0.4, 0.5) is 24.5 Å². The lowest BCUT2D eigenvalue weighted by Gasteiger charge is -2.13. The molecule has 0 saturated heterocycles. The number of benzene rings is 2. The van der Waals surface area contributed by atoms with Crippen molar-refractivity contribution in [1.82, 2.24) is 0 Å². The number of nitrogens with zero attached hydrogens (tertiary/aromatic N) is 1. The molecule has 2 rings (SSSR count). The van der Waals surface area contributed by atoms with Crippen LogP contribution in [0.2, 0.25) is 0 Å². The van der Waals surface area contributed by atoms with E-state index < -0.39 is 17.8 Å². The molecule has 0 fully saturated rings. The Morgan fingerprint density at radius 3 is 2.40 bits per heavy atom. The summed E-state index contributed by atoms with van der Waals surface area (Å²) in [6.07, 6.45) is -4.27. The van der Waals surface area contributed by atoms with Gasteiger partial charge < -0.3 is 10.6 Å². The monoisotopic (exact) mass is 365 g/mol. The van der Waals surface area contributed by atoms with Crippen molar-refractivity contribution in [3.63, 3.8) is 0 Å². The van der Waals surface area contributed by atoms with Gasteiger partial charge in [-0.05, 0) is 24.3 Å². The Bertz CT molecular complexity index is 787. The lowest BCUT2D eigenvalue weighted by Crippen LogP contribution is -2.22. The van der Waals surface area contributed by atoms with E-state index in [1.54, 1.807) is 48.5 Å². The van der Waals surface area contributed by atoms with E-state index in [-0.39, 0.29) is 6.54 Å². The number of carbonyl (C=O) groups excluding carboxylic acids is 1. The third kappa shape index (κ3) is 6.04. The lowest BCUT2D eigenvalue weighted by molar-refractivity contribution is -0.114. The van der Waals surface area contributed by atoms with Crippen molar-refractivity contribution in [2.24, 2.45) is 0 Å². The molecule has 2 N–H and O–H groups in total. The summed E-state index contributed by atoms with van der Waals surface area (Å²) in [6.45, 7) is -0.136. The van der Waals surface area contributed by atoms with E-state index in [9.17, 15) is 18.0 Å². The number of hydrogen-bond acceptors (Lipinski definition) is 4. The number of amides is 1. The molecule has 0 aliphatic rings. The fourth-order valence-corrected chi connectivity index (χ4v) is 2.75. The number of halogens is 3. The van der Waals surface area contributed by atoms with Crippen LogP contribution in [0.1, 0.15) is 5.56 Å². The molecule has 2 aromatic rings. The molecule has 0 heterocycles. The molecule has 0 bridgehead atoms. The zero-order valence-electron chi connectivity index (χ0n) is 12.9. The summed E-state index contributed by atoms with van der Waals surface area (Å²) in [5, 5.41) is 14.4. The van der Waals surface area contributed by atoms with E-state index in [1.165, 1.54) is 0 Å². The second-order valence-corrected chi connectivity index (χ2v) is 5.98. The van der Waals surface area contributed by atoms with Gasteiger partial charge in [0.1, 0.15) is 6.07 Å². The molecule has 25 heavy (non-hydrogen) atoms. The Kier molecular flexibility index (Phi) is 6.31. The molecule has 0 saturated carbocycles. The van der Waals surface area contributed by atoms with Gasteiger partial charge in [-0.2, -0.15) is 18.4 Å². The second-order valence-electron chi connectivity index (χ2n) is 4.96. The quantitative estimate of drug-likeness (QED) is 0.751. The number of nitriles is 1. The van der Waals surface area contributed by atoms with Gasteiger partial charge in [-0.1, -0.05) is 24.3 Å². The van der Waals surface area contributed by atoms with Crippen LogP contribution in [0.25, 0.3) is 0 Å². The molecular formula is C17H14F3N3OS. The zero-order valence-corrected chi connectivity index (χ0v) is 13.7. The zero-order chi connectivity index (χ0) is 18.3. The maximum atomic E-state index is 12.4. The van der Waals surface area contributed by atoms with Gasteiger partial charge in [0.2, 0.25) is 5.91 Å². The van der Waals surface area contributed by atoms with E-state index in [0.717, 1.165) is 0 Å². The number of para-hydroxylation sites is 2. The maximum absolute atomic E-state index is 12.4. The van der Waals surface area contributed by atoms with Gasteiger partial charge in [-0.25, -0.2) is 0 Å². The fraction of sp³-hybridized carbons (Fsp3) is 0.176. The van der Waals surface area contributed by atoms with E-state index >= 15 is 0 Å². The van der Waals surface area contributed by atoms with Crippen molar-refractivity contribution in [2.75, 3.05) is 22.9 Å². The predicted molar refractivity (Wildman–Crippen MR) is 91.5 cm³/mol. The highest BCUT2D eigenvalue weighted by atomic mass is 32.2. The van der Waals surface area contributed by atoms with Gasteiger partial charge in [-0.3, -0.25) is 4.79 Å². The van der Waals surface area contributed by atoms with Crippen LogP contribution in [0, 0.1) is 11.3 Å². The Hall–Kier alpha value is -2.66. The van der Waals surface area contributed by atoms with Gasteiger partial charge in [0.25, 0.3) is 0 Å². The van der Waals surface area contributed by atoms with E-state index in [4.69, 9.17) is 5.26 Å². The minimum Gasteiger partial charge on any atom is -0.375 e. The molecule has 0 aliphatic heterocycles. The predicted octanol–water partition coefficient (Wildman–Crippen LogP) is 4.26. The Morgan fingerprint density at radius 2 is 1.72 bits per heavy atom. The summed E-state index contributed by atoms with van der Waals surface area (Å²) in [5.41, 5.74) is 1.16. The number of hydrogen-bond donors (Lipinski definition) is 2. The van der Waals surface area contributed by atoms with Crippen LogP contribution in [0.3, 0.4) is 0 Å². The van der Waals surface area contributed by atoms with Crippen LogP contribution in [0.15, 0.2) is 53.4 Å². The highest BCUT2D eigenvalue weighted by Gasteiger charge is 2.27. The Morgan fingerprint density at radius 1 is 1.08 bits per heavy atom. The molecule has 0 spiro atoms. The standard InChI is InChI=1S/C17H14F3N3OS/c18-17(19,20)11-25-15-8-4-3-7-14(15)22-10-16(24)23-13-6-2-1-5-12(13)9-21/h1-8,22H,10-11H2,(H,23,24). The first-order valence-corrected chi connectivity index (χ1v) is 8.19. The number of anilines is 2. The number of thioether (sulfide) groups is 1. The van der Waals surface area contributed by atoms with Crippen molar-refractivity contribution in [1.29, 1.82) is 5.26 Å². The van der Waals surface area contributed by atoms with Gasteiger partial charge in [-0.15, -0.1) is 11.8 Å². The molecule has 0 radical (unpaired) electrons. The molecular weight excluding hydrogens is 351 g/mol. The van der Waals surface area contributed by atoms with Crippen LogP contribution in [0.5, 0.6) is 0 Å². The maximum Gasteiger partial charge on any atom is 0.398 e. The van der Waals surface area contributed by atoms with Crippen molar-refractivity contribution < 1.29 is 18.0 Å². The molecule has 130 valence electrons. The average Bonchev–Trinajstić information content (AvgIpc) is 2.58. The number of alkyl halides is 3. The molecule has 8 heteroatoms. The van der Waals surface area contributed by atoms with E-state index in [0.29, 0.717) is 33.6 Å². The van der Waals surface area contributed by atoms with Crippen molar-refractivity contribution in [3.05, 3.63) is 54.1 Å². The van der Waals surface area contributed by atoms with Gasteiger partial charge >= 0.3 is 6.18 Å². The van der Waals surface area contributed by atoms with Crippen LogP contribution < -0.4 is 10.6 Å². The number of rotatable bonds is 6. The average molecular weight is 365 g/mol. The van der Waals surface area contributed by atoms with Crippen molar-refractivity contribution in [3.8, 4) is 6.07 Å². The summed E-state index contributed by atoms with van der Waals surface area (Å²) in [6, 6.07) is 15.0. The Balaban J connectivity index is 1.97. The van der Waals surface area contributed by atoms with Crippen LogP contribution in [-0.2, 0) is 4.79 Å². The molecule has 0 atom stereocenters. The second kappa shape index (κ2) is 8.44. The summed E-state index contributed by atoms with van der Waals surface area (Å²) in [7, 11) is 0. The first-order valence-electron chi connectivity index (χ1n) is 7.20. The fourth-order valence-electron chi connectivity index (χ4n) is 1.96. The number of carbonyl (C=O) groups is 1. The molecule has 0 unspecified atom stereocenters.